The Kier molecular flexibility index (Phi) is 6.57. The highest BCUT2D eigenvalue weighted by atomic mass is 32.1. The maximum absolute atomic E-state index is 12.0. The van der Waals surface area contributed by atoms with Gasteiger partial charge in [-0.2, -0.15) is 0 Å². The first-order valence-corrected chi connectivity index (χ1v) is 10.6. The van der Waals surface area contributed by atoms with Crippen LogP contribution in [-0.4, -0.2) is 35.5 Å². The lowest BCUT2D eigenvalue weighted by Crippen LogP contribution is -2.48. The number of nitrogens with zero attached hydrogens (tertiary/aromatic N) is 1. The van der Waals surface area contributed by atoms with Gasteiger partial charge in [0, 0.05) is 11.4 Å². The van der Waals surface area contributed by atoms with Crippen LogP contribution in [0.5, 0.6) is 0 Å². The highest BCUT2D eigenvalue weighted by molar-refractivity contribution is 7.20. The van der Waals surface area contributed by atoms with E-state index in [1.165, 1.54) is 29.1 Å². The summed E-state index contributed by atoms with van der Waals surface area (Å²) in [7, 11) is 0. The number of thiazole rings is 1. The van der Waals surface area contributed by atoms with Gasteiger partial charge in [0.1, 0.15) is 5.01 Å². The van der Waals surface area contributed by atoms with E-state index in [4.69, 9.17) is 4.74 Å². The van der Waals surface area contributed by atoms with Gasteiger partial charge in [-0.1, -0.05) is 25.8 Å². The summed E-state index contributed by atoms with van der Waals surface area (Å²) < 4.78 is 4.95. The average Bonchev–Trinajstić information content (AvgIpc) is 3.33. The second-order valence-corrected chi connectivity index (χ2v) is 8.29. The van der Waals surface area contributed by atoms with E-state index >= 15 is 0 Å². The van der Waals surface area contributed by atoms with Crippen molar-refractivity contribution in [1.82, 2.24) is 15.6 Å². The molecule has 0 aliphatic heterocycles. The van der Waals surface area contributed by atoms with Crippen molar-refractivity contribution in [2.75, 3.05) is 6.61 Å². The molecule has 0 aromatic carbocycles. The third kappa shape index (κ3) is 5.36. The zero-order chi connectivity index (χ0) is 19.2. The molecule has 3 rings (SSSR count). The minimum absolute atomic E-state index is 0.0692. The SMILES string of the molecule is C[C@@H]1CCCC[C@H]1NC(=O)NC(=O)COC(=O)c1csc(-c2cccs2)n1. The Labute approximate surface area is 165 Å². The van der Waals surface area contributed by atoms with Gasteiger partial charge < -0.3 is 10.1 Å². The quantitative estimate of drug-likeness (QED) is 0.740. The minimum Gasteiger partial charge on any atom is -0.451 e. The highest BCUT2D eigenvalue weighted by Gasteiger charge is 2.23. The molecule has 1 saturated carbocycles. The van der Waals surface area contributed by atoms with Crippen LogP contribution >= 0.6 is 22.7 Å². The Morgan fingerprint density at radius 1 is 1.26 bits per heavy atom. The van der Waals surface area contributed by atoms with Gasteiger partial charge in [-0.25, -0.2) is 14.6 Å². The number of imide groups is 1. The van der Waals surface area contributed by atoms with Gasteiger partial charge in [-0.3, -0.25) is 10.1 Å². The fourth-order valence-corrected chi connectivity index (χ4v) is 4.59. The van der Waals surface area contributed by atoms with Crippen LogP contribution in [0.4, 0.5) is 4.79 Å². The fourth-order valence-electron chi connectivity index (χ4n) is 2.98. The molecule has 27 heavy (non-hydrogen) atoms. The first kappa shape index (κ1) is 19.5. The third-order valence-corrected chi connectivity index (χ3v) is 6.34. The Morgan fingerprint density at radius 2 is 2.07 bits per heavy atom. The second-order valence-electron chi connectivity index (χ2n) is 6.48. The van der Waals surface area contributed by atoms with E-state index in [-0.39, 0.29) is 11.7 Å². The van der Waals surface area contributed by atoms with E-state index in [0.29, 0.717) is 5.92 Å². The lowest BCUT2D eigenvalue weighted by Gasteiger charge is -2.29. The van der Waals surface area contributed by atoms with Crippen molar-refractivity contribution in [3.63, 3.8) is 0 Å². The first-order chi connectivity index (χ1) is 13.0. The predicted octanol–water partition coefficient (Wildman–Crippen LogP) is 3.43. The summed E-state index contributed by atoms with van der Waals surface area (Å²) in [6, 6.07) is 3.34. The molecule has 2 atom stereocenters. The number of hydrogen-bond donors (Lipinski definition) is 2. The molecule has 2 aromatic heterocycles. The van der Waals surface area contributed by atoms with Crippen LogP contribution in [0.3, 0.4) is 0 Å². The summed E-state index contributed by atoms with van der Waals surface area (Å²) in [6.07, 6.45) is 4.22. The van der Waals surface area contributed by atoms with Crippen molar-refractivity contribution in [1.29, 1.82) is 0 Å². The number of aromatic nitrogens is 1. The van der Waals surface area contributed by atoms with Gasteiger partial charge in [0.25, 0.3) is 5.91 Å². The fraction of sp³-hybridized carbons (Fsp3) is 0.444. The molecule has 3 amide bonds. The van der Waals surface area contributed by atoms with Gasteiger partial charge in [0.05, 0.1) is 4.88 Å². The normalized spacial score (nSPS) is 19.3. The number of amides is 3. The van der Waals surface area contributed by atoms with E-state index < -0.39 is 24.5 Å². The van der Waals surface area contributed by atoms with Crippen LogP contribution in [0.2, 0.25) is 0 Å². The smallest absolute Gasteiger partial charge is 0.358 e. The van der Waals surface area contributed by atoms with Crippen molar-refractivity contribution in [2.24, 2.45) is 5.92 Å². The van der Waals surface area contributed by atoms with E-state index in [0.717, 1.165) is 29.1 Å². The van der Waals surface area contributed by atoms with Crippen LogP contribution in [0.25, 0.3) is 9.88 Å². The van der Waals surface area contributed by atoms with Gasteiger partial charge in [0.2, 0.25) is 0 Å². The van der Waals surface area contributed by atoms with Gasteiger partial charge in [-0.05, 0) is 30.2 Å². The van der Waals surface area contributed by atoms with Crippen LogP contribution in [0.1, 0.15) is 43.1 Å². The summed E-state index contributed by atoms with van der Waals surface area (Å²) in [5.74, 6) is -0.969. The number of urea groups is 1. The average molecular weight is 408 g/mol. The maximum Gasteiger partial charge on any atom is 0.358 e. The number of esters is 1. The molecule has 0 unspecified atom stereocenters. The number of hydrogen-bond acceptors (Lipinski definition) is 7. The lowest BCUT2D eigenvalue weighted by atomic mass is 9.86. The number of carbonyl (C=O) groups is 3. The zero-order valence-electron chi connectivity index (χ0n) is 14.9. The summed E-state index contributed by atoms with van der Waals surface area (Å²) >= 11 is 2.86. The zero-order valence-corrected chi connectivity index (χ0v) is 16.5. The van der Waals surface area contributed by atoms with Gasteiger partial charge in [0.15, 0.2) is 12.3 Å². The molecule has 0 spiro atoms. The Bertz CT molecular complexity index is 803. The van der Waals surface area contributed by atoms with Crippen molar-refractivity contribution >= 4 is 40.6 Å². The molecule has 1 aliphatic carbocycles. The Balaban J connectivity index is 1.43. The minimum atomic E-state index is -0.689. The third-order valence-electron chi connectivity index (χ3n) is 4.46. The Morgan fingerprint density at radius 3 is 2.81 bits per heavy atom. The molecule has 0 bridgehead atoms. The molecule has 1 aliphatic rings. The van der Waals surface area contributed by atoms with Gasteiger partial charge >= 0.3 is 12.0 Å². The van der Waals surface area contributed by atoms with Crippen molar-refractivity contribution in [3.8, 4) is 9.88 Å². The van der Waals surface area contributed by atoms with Crippen LogP contribution in [0, 0.1) is 5.92 Å². The van der Waals surface area contributed by atoms with Crippen LogP contribution < -0.4 is 10.6 Å². The monoisotopic (exact) mass is 407 g/mol. The molecule has 1 fully saturated rings. The molecule has 2 heterocycles. The molecule has 144 valence electrons. The van der Waals surface area contributed by atoms with Crippen molar-refractivity contribution < 1.29 is 19.1 Å². The number of rotatable bonds is 5. The van der Waals surface area contributed by atoms with Crippen LogP contribution in [-0.2, 0) is 9.53 Å². The van der Waals surface area contributed by atoms with Crippen LogP contribution in [0.15, 0.2) is 22.9 Å². The summed E-state index contributed by atoms with van der Waals surface area (Å²) in [5.41, 5.74) is 0.150. The molecule has 2 N–H and O–H groups in total. The predicted molar refractivity (Wildman–Crippen MR) is 104 cm³/mol. The number of carbonyl (C=O) groups excluding carboxylic acids is 3. The molecular weight excluding hydrogens is 386 g/mol. The van der Waals surface area contributed by atoms with Crippen molar-refractivity contribution in [2.45, 2.75) is 38.6 Å². The standard InChI is InChI=1S/C18H21N3O4S2/c1-11-5-2-3-6-12(11)20-18(24)21-15(22)9-25-17(23)13-10-27-16(19-13)14-7-4-8-26-14/h4,7-8,10-12H,2-3,5-6,9H2,1H3,(H2,20,21,22,24)/t11-,12-/m1/s1. The summed E-state index contributed by atoms with van der Waals surface area (Å²) in [4.78, 5) is 41.0. The second kappa shape index (κ2) is 9.09. The van der Waals surface area contributed by atoms with E-state index in [1.807, 2.05) is 17.5 Å². The molecule has 0 saturated heterocycles. The van der Waals surface area contributed by atoms with E-state index in [9.17, 15) is 14.4 Å². The lowest BCUT2D eigenvalue weighted by molar-refractivity contribution is -0.123. The molecule has 9 heteroatoms. The summed E-state index contributed by atoms with van der Waals surface area (Å²) in [6.45, 7) is 1.56. The topological polar surface area (TPSA) is 97.4 Å². The maximum atomic E-state index is 12.0. The van der Waals surface area contributed by atoms with E-state index in [1.54, 1.807) is 5.38 Å². The number of ether oxygens (including phenoxy) is 1. The largest absolute Gasteiger partial charge is 0.451 e. The Hall–Kier alpha value is -2.26. The molecule has 7 nitrogen and oxygen atoms in total. The number of nitrogens with one attached hydrogen (secondary N) is 2. The first-order valence-electron chi connectivity index (χ1n) is 8.80. The molecular formula is C18H21N3O4S2. The molecule has 2 aromatic rings. The highest BCUT2D eigenvalue weighted by Crippen LogP contribution is 2.28. The van der Waals surface area contributed by atoms with Gasteiger partial charge in [-0.15, -0.1) is 22.7 Å². The number of thiophene rings is 1. The van der Waals surface area contributed by atoms with Crippen molar-refractivity contribution in [3.05, 3.63) is 28.6 Å². The van der Waals surface area contributed by atoms with E-state index in [2.05, 4.69) is 22.5 Å². The summed E-state index contributed by atoms with van der Waals surface area (Å²) in [5, 5.41) is 9.26. The molecule has 0 radical (unpaired) electrons.